The Bertz CT molecular complexity index is 1010. The standard InChI is InChI=1S/C26H33N3O6/c1-4-14-29-21-13-12-18(27-28-20-10-8-7-9-11-22(20)30)15-19(21)26(25(29)33,16-23(31)34-5-2)17-24(32)35-6-3/h4,10,12-13,15,27-28H,1,5-9,11,14,16-17H2,2-3H3. The molecule has 0 unspecified atom stereocenters. The number of amides is 1. The van der Waals surface area contributed by atoms with Gasteiger partial charge in [-0.2, -0.15) is 0 Å². The third-order valence-electron chi connectivity index (χ3n) is 6.12. The van der Waals surface area contributed by atoms with Crippen LogP contribution in [0.5, 0.6) is 0 Å². The van der Waals surface area contributed by atoms with E-state index in [2.05, 4.69) is 17.4 Å². The van der Waals surface area contributed by atoms with Gasteiger partial charge in [-0.3, -0.25) is 24.6 Å². The van der Waals surface area contributed by atoms with E-state index < -0.39 is 17.4 Å². The zero-order chi connectivity index (χ0) is 25.4. The molecule has 1 aliphatic carbocycles. The molecule has 1 aromatic carbocycles. The van der Waals surface area contributed by atoms with E-state index in [1.54, 1.807) is 38.1 Å². The highest BCUT2D eigenvalue weighted by molar-refractivity contribution is 6.12. The fraction of sp³-hybridized carbons (Fsp3) is 0.462. The minimum atomic E-state index is -1.48. The molecule has 1 aliphatic heterocycles. The molecule has 0 fully saturated rings. The third kappa shape index (κ3) is 5.72. The van der Waals surface area contributed by atoms with Crippen molar-refractivity contribution >= 4 is 35.0 Å². The smallest absolute Gasteiger partial charge is 0.307 e. The number of hydrogen-bond donors (Lipinski definition) is 2. The number of fused-ring (bicyclic) bond motifs is 1. The number of ketones is 1. The number of allylic oxidation sites excluding steroid dienone is 2. The maximum absolute atomic E-state index is 13.7. The number of carbonyl (C=O) groups excluding carboxylic acids is 4. The van der Waals surface area contributed by atoms with Crippen molar-refractivity contribution in [3.05, 3.63) is 48.2 Å². The molecular weight excluding hydrogens is 450 g/mol. The average Bonchev–Trinajstić information content (AvgIpc) is 2.94. The fourth-order valence-electron chi connectivity index (χ4n) is 4.53. The molecule has 1 amide bonds. The fourth-order valence-corrected chi connectivity index (χ4v) is 4.53. The van der Waals surface area contributed by atoms with E-state index in [1.807, 2.05) is 6.08 Å². The molecule has 0 bridgehead atoms. The van der Waals surface area contributed by atoms with Crippen LogP contribution in [0.15, 0.2) is 42.6 Å². The summed E-state index contributed by atoms with van der Waals surface area (Å²) in [4.78, 5) is 52.8. The van der Waals surface area contributed by atoms with Crippen molar-refractivity contribution in [3.63, 3.8) is 0 Å². The predicted octanol–water partition coefficient (Wildman–Crippen LogP) is 3.31. The highest BCUT2D eigenvalue weighted by atomic mass is 16.5. The maximum atomic E-state index is 13.7. The first-order valence-corrected chi connectivity index (χ1v) is 12.0. The number of ether oxygens (including phenoxy) is 2. The van der Waals surface area contributed by atoms with Crippen molar-refractivity contribution in [2.24, 2.45) is 0 Å². The van der Waals surface area contributed by atoms with E-state index in [1.165, 1.54) is 4.90 Å². The summed E-state index contributed by atoms with van der Waals surface area (Å²) >= 11 is 0. The molecule has 9 heteroatoms. The predicted molar refractivity (Wildman–Crippen MR) is 131 cm³/mol. The first kappa shape index (κ1) is 26.0. The van der Waals surface area contributed by atoms with Crippen LogP contribution in [0.1, 0.15) is 57.9 Å². The van der Waals surface area contributed by atoms with Gasteiger partial charge in [-0.05, 0) is 56.9 Å². The number of hydrazine groups is 1. The van der Waals surface area contributed by atoms with E-state index in [0.717, 1.165) is 19.3 Å². The molecule has 0 spiro atoms. The average molecular weight is 484 g/mol. The van der Waals surface area contributed by atoms with Gasteiger partial charge in [0.05, 0.1) is 42.9 Å². The highest BCUT2D eigenvalue weighted by Crippen LogP contribution is 2.47. The van der Waals surface area contributed by atoms with E-state index in [9.17, 15) is 19.2 Å². The lowest BCUT2D eigenvalue weighted by Crippen LogP contribution is -2.44. The molecule has 0 radical (unpaired) electrons. The van der Waals surface area contributed by atoms with Crippen molar-refractivity contribution in [1.29, 1.82) is 0 Å². The van der Waals surface area contributed by atoms with Crippen LogP contribution in [0, 0.1) is 0 Å². The second-order valence-electron chi connectivity index (χ2n) is 8.52. The van der Waals surface area contributed by atoms with Gasteiger partial charge in [0.25, 0.3) is 0 Å². The Hall–Kier alpha value is -3.62. The summed E-state index contributed by atoms with van der Waals surface area (Å²) in [5.74, 6) is -1.52. The number of benzene rings is 1. The lowest BCUT2D eigenvalue weighted by molar-refractivity contribution is -0.151. The largest absolute Gasteiger partial charge is 0.466 e. The molecule has 0 atom stereocenters. The molecule has 9 nitrogen and oxygen atoms in total. The molecular formula is C26H33N3O6. The van der Waals surface area contributed by atoms with Gasteiger partial charge in [-0.1, -0.05) is 12.2 Å². The summed E-state index contributed by atoms with van der Waals surface area (Å²) in [6.07, 6.45) is 5.96. The first-order valence-electron chi connectivity index (χ1n) is 12.0. The van der Waals surface area contributed by atoms with Gasteiger partial charge >= 0.3 is 11.9 Å². The minimum absolute atomic E-state index is 0.0301. The van der Waals surface area contributed by atoms with Gasteiger partial charge in [0.15, 0.2) is 5.78 Å². The minimum Gasteiger partial charge on any atom is -0.466 e. The molecule has 2 aliphatic rings. The summed E-state index contributed by atoms with van der Waals surface area (Å²) in [5.41, 5.74) is 6.70. The highest BCUT2D eigenvalue weighted by Gasteiger charge is 2.53. The number of anilines is 2. The summed E-state index contributed by atoms with van der Waals surface area (Å²) in [6.45, 7) is 7.62. The molecule has 1 aromatic rings. The van der Waals surface area contributed by atoms with Gasteiger partial charge < -0.3 is 19.8 Å². The molecule has 0 aromatic heterocycles. The monoisotopic (exact) mass is 483 g/mol. The van der Waals surface area contributed by atoms with Crippen molar-refractivity contribution in [2.75, 3.05) is 30.1 Å². The van der Waals surface area contributed by atoms with Crippen molar-refractivity contribution in [2.45, 2.75) is 57.8 Å². The number of Topliss-reactive ketones (excluding diaryl/α,β-unsaturated/α-hetero) is 1. The number of carbonyl (C=O) groups is 4. The maximum Gasteiger partial charge on any atom is 0.307 e. The molecule has 2 N–H and O–H groups in total. The quantitative estimate of drug-likeness (QED) is 0.280. The van der Waals surface area contributed by atoms with E-state index in [-0.39, 0.29) is 44.3 Å². The third-order valence-corrected chi connectivity index (χ3v) is 6.12. The van der Waals surface area contributed by atoms with Crippen LogP contribution in [0.3, 0.4) is 0 Å². The van der Waals surface area contributed by atoms with Gasteiger partial charge in [0.1, 0.15) is 0 Å². The Labute approximate surface area is 205 Å². The molecule has 0 saturated carbocycles. The van der Waals surface area contributed by atoms with Crippen LogP contribution >= 0.6 is 0 Å². The van der Waals surface area contributed by atoms with Crippen LogP contribution < -0.4 is 15.8 Å². The van der Waals surface area contributed by atoms with Crippen LogP contribution in [0.4, 0.5) is 11.4 Å². The Morgan fingerprint density at radius 3 is 2.40 bits per heavy atom. The molecule has 35 heavy (non-hydrogen) atoms. The zero-order valence-corrected chi connectivity index (χ0v) is 20.4. The van der Waals surface area contributed by atoms with Gasteiger partial charge in [0, 0.05) is 18.7 Å². The van der Waals surface area contributed by atoms with Gasteiger partial charge in [-0.25, -0.2) is 0 Å². The van der Waals surface area contributed by atoms with E-state index >= 15 is 0 Å². The Balaban J connectivity index is 2.01. The first-order chi connectivity index (χ1) is 16.9. The number of hydrogen-bond acceptors (Lipinski definition) is 8. The molecule has 188 valence electrons. The summed E-state index contributed by atoms with van der Waals surface area (Å²) in [7, 11) is 0. The Morgan fingerprint density at radius 2 is 1.77 bits per heavy atom. The molecule has 3 rings (SSSR count). The molecule has 1 heterocycles. The van der Waals surface area contributed by atoms with E-state index in [4.69, 9.17) is 9.47 Å². The summed E-state index contributed by atoms with van der Waals surface area (Å²) in [6, 6.07) is 5.24. The topological polar surface area (TPSA) is 114 Å². The van der Waals surface area contributed by atoms with Crippen molar-refractivity contribution in [1.82, 2.24) is 5.43 Å². The normalized spacial score (nSPS) is 16.6. The van der Waals surface area contributed by atoms with E-state index in [0.29, 0.717) is 29.1 Å². The molecule has 0 saturated heterocycles. The van der Waals surface area contributed by atoms with Gasteiger partial charge in [-0.15, -0.1) is 6.58 Å². The second-order valence-corrected chi connectivity index (χ2v) is 8.52. The van der Waals surface area contributed by atoms with Crippen molar-refractivity contribution < 1.29 is 28.7 Å². The van der Waals surface area contributed by atoms with Crippen molar-refractivity contribution in [3.8, 4) is 0 Å². The zero-order valence-electron chi connectivity index (χ0n) is 20.4. The SMILES string of the molecule is C=CCN1C(=O)C(CC(=O)OCC)(CC(=O)OCC)c2cc(NNC3=CCCCCC3=O)ccc21. The van der Waals surface area contributed by atoms with Crippen LogP contribution in [0.25, 0.3) is 0 Å². The number of rotatable bonds is 11. The lowest BCUT2D eigenvalue weighted by atomic mass is 9.75. The lowest BCUT2D eigenvalue weighted by Gasteiger charge is -2.27. The second kappa shape index (κ2) is 11.7. The summed E-state index contributed by atoms with van der Waals surface area (Å²) < 4.78 is 10.3. The van der Waals surface area contributed by atoms with Gasteiger partial charge in [0.2, 0.25) is 5.91 Å². The Morgan fingerprint density at radius 1 is 1.09 bits per heavy atom. The number of esters is 2. The number of nitrogens with zero attached hydrogens (tertiary/aromatic N) is 1. The van der Waals surface area contributed by atoms with Crippen LogP contribution in [0.2, 0.25) is 0 Å². The summed E-state index contributed by atoms with van der Waals surface area (Å²) in [5, 5.41) is 0. The van der Waals surface area contributed by atoms with Crippen LogP contribution in [-0.4, -0.2) is 43.4 Å². The van der Waals surface area contributed by atoms with Crippen LogP contribution in [-0.2, 0) is 34.1 Å². The number of nitrogens with one attached hydrogen (secondary N) is 2. The Kier molecular flexibility index (Phi) is 8.68.